The molecule has 2 aromatic rings. The number of carbonyl (C=O) groups excluding carboxylic acids is 1. The van der Waals surface area contributed by atoms with Gasteiger partial charge in [0.2, 0.25) is 0 Å². The van der Waals surface area contributed by atoms with Crippen molar-refractivity contribution in [3.05, 3.63) is 64.7 Å². The molecule has 1 heterocycles. The second-order valence-electron chi connectivity index (χ2n) is 4.75. The number of alkyl halides is 3. The Morgan fingerprint density at radius 3 is 2.32 bits per heavy atom. The number of benzene rings is 2. The average Bonchev–Trinajstić information content (AvgIpc) is 2.46. The lowest BCUT2D eigenvalue weighted by atomic mass is 9.98. The molecule has 7 heteroatoms. The molecule has 0 saturated heterocycles. The highest BCUT2D eigenvalue weighted by molar-refractivity contribution is 6.30. The normalized spacial score (nSPS) is 20.8. The van der Waals surface area contributed by atoms with Crippen molar-refractivity contribution in [2.45, 2.75) is 11.9 Å². The van der Waals surface area contributed by atoms with Gasteiger partial charge < -0.3 is 10.1 Å². The molecular formula is C15H9ClF3NO2. The van der Waals surface area contributed by atoms with Crippen LogP contribution in [-0.2, 0) is 10.5 Å². The van der Waals surface area contributed by atoms with Gasteiger partial charge in [-0.1, -0.05) is 35.9 Å². The third-order valence-corrected chi connectivity index (χ3v) is 3.61. The predicted octanol–water partition coefficient (Wildman–Crippen LogP) is 4.34. The number of nitrogens with one attached hydrogen (secondary N) is 1. The van der Waals surface area contributed by atoms with Gasteiger partial charge in [0, 0.05) is 10.6 Å². The first-order valence-electron chi connectivity index (χ1n) is 6.27. The Morgan fingerprint density at radius 2 is 1.68 bits per heavy atom. The number of hydrogen-bond donors (Lipinski definition) is 1. The minimum atomic E-state index is -4.86. The minimum Gasteiger partial charge on any atom is -0.421 e. The van der Waals surface area contributed by atoms with Crippen molar-refractivity contribution >= 4 is 23.3 Å². The van der Waals surface area contributed by atoms with E-state index < -0.39 is 17.9 Å². The molecule has 0 fully saturated rings. The molecule has 1 N–H and O–H groups in total. The van der Waals surface area contributed by atoms with Gasteiger partial charge in [0.1, 0.15) is 0 Å². The van der Waals surface area contributed by atoms with Crippen molar-refractivity contribution in [1.29, 1.82) is 0 Å². The van der Waals surface area contributed by atoms with Gasteiger partial charge in [-0.25, -0.2) is 4.79 Å². The average molecular weight is 328 g/mol. The monoisotopic (exact) mass is 327 g/mol. The number of rotatable bonds is 1. The van der Waals surface area contributed by atoms with Gasteiger partial charge in [-0.05, 0) is 24.3 Å². The molecule has 0 spiro atoms. The van der Waals surface area contributed by atoms with E-state index in [-0.39, 0.29) is 21.8 Å². The van der Waals surface area contributed by atoms with Crippen molar-refractivity contribution < 1.29 is 22.7 Å². The summed E-state index contributed by atoms with van der Waals surface area (Å²) in [4.78, 5) is 12.0. The van der Waals surface area contributed by atoms with Gasteiger partial charge in [-0.2, -0.15) is 13.2 Å². The SMILES string of the molecule is O=C1O[C@@](c2ccc(Cl)cc2)(C(F)(F)F)Nc2ccccc21. The summed E-state index contributed by atoms with van der Waals surface area (Å²) >= 11 is 5.71. The minimum absolute atomic E-state index is 0.0522. The molecule has 1 aliphatic rings. The summed E-state index contributed by atoms with van der Waals surface area (Å²) in [6, 6.07) is 10.8. The molecule has 2 aromatic carbocycles. The Balaban J connectivity index is 2.18. The van der Waals surface area contributed by atoms with E-state index >= 15 is 0 Å². The second-order valence-corrected chi connectivity index (χ2v) is 5.18. The summed E-state index contributed by atoms with van der Waals surface area (Å²) in [5.74, 6) is -1.04. The van der Waals surface area contributed by atoms with E-state index in [0.717, 1.165) is 0 Å². The molecule has 3 nitrogen and oxygen atoms in total. The molecule has 0 saturated carbocycles. The van der Waals surface area contributed by atoms with Crippen molar-refractivity contribution in [2.75, 3.05) is 5.32 Å². The standard InChI is InChI=1S/C15H9ClF3NO2/c16-10-7-5-9(6-8-10)14(15(17,18)19)20-12-4-2-1-3-11(12)13(21)22-14/h1-8,20H/t14-/m0/s1. The van der Waals surface area contributed by atoms with Crippen molar-refractivity contribution in [3.63, 3.8) is 0 Å². The summed E-state index contributed by atoms with van der Waals surface area (Å²) in [6.45, 7) is 0. The topological polar surface area (TPSA) is 38.3 Å². The summed E-state index contributed by atoms with van der Waals surface area (Å²) in [5, 5.41) is 2.59. The third kappa shape index (κ3) is 2.20. The summed E-state index contributed by atoms with van der Waals surface area (Å²) < 4.78 is 45.8. The zero-order valence-electron chi connectivity index (χ0n) is 10.9. The molecule has 0 bridgehead atoms. The van der Waals surface area contributed by atoms with Gasteiger partial charge in [-0.3, -0.25) is 0 Å². The molecule has 0 unspecified atom stereocenters. The molecule has 114 valence electrons. The number of ether oxygens (including phenoxy) is 1. The Morgan fingerprint density at radius 1 is 1.05 bits per heavy atom. The van der Waals surface area contributed by atoms with Crippen LogP contribution in [0.5, 0.6) is 0 Å². The molecule has 0 amide bonds. The van der Waals surface area contributed by atoms with Crippen LogP contribution in [-0.4, -0.2) is 12.1 Å². The molecule has 0 aromatic heterocycles. The third-order valence-electron chi connectivity index (χ3n) is 3.35. The molecule has 0 radical (unpaired) electrons. The first-order chi connectivity index (χ1) is 10.3. The largest absolute Gasteiger partial charge is 0.453 e. The van der Waals surface area contributed by atoms with Crippen molar-refractivity contribution in [2.24, 2.45) is 0 Å². The van der Waals surface area contributed by atoms with E-state index in [9.17, 15) is 18.0 Å². The number of para-hydroxylation sites is 1. The van der Waals surface area contributed by atoms with Crippen LogP contribution < -0.4 is 5.32 Å². The number of halogens is 4. The molecule has 1 aliphatic heterocycles. The van der Waals surface area contributed by atoms with Gasteiger partial charge in [-0.15, -0.1) is 0 Å². The fourth-order valence-corrected chi connectivity index (χ4v) is 2.41. The quantitative estimate of drug-likeness (QED) is 0.792. The Kier molecular flexibility index (Phi) is 3.29. The van der Waals surface area contributed by atoms with Gasteiger partial charge >= 0.3 is 17.9 Å². The van der Waals surface area contributed by atoms with Gasteiger partial charge in [0.25, 0.3) is 0 Å². The van der Waals surface area contributed by atoms with Crippen LogP contribution in [0, 0.1) is 0 Å². The number of anilines is 1. The first kappa shape index (κ1) is 14.7. The van der Waals surface area contributed by atoms with E-state index in [0.29, 0.717) is 0 Å². The van der Waals surface area contributed by atoms with Gasteiger partial charge in [0.15, 0.2) is 0 Å². The number of hydrogen-bond acceptors (Lipinski definition) is 3. The maximum Gasteiger partial charge on any atom is 0.453 e. The van der Waals surface area contributed by atoms with Crippen LogP contribution in [0.3, 0.4) is 0 Å². The van der Waals surface area contributed by atoms with Crippen molar-refractivity contribution in [3.8, 4) is 0 Å². The van der Waals surface area contributed by atoms with Crippen LogP contribution in [0.15, 0.2) is 48.5 Å². The van der Waals surface area contributed by atoms with Crippen LogP contribution in [0.25, 0.3) is 0 Å². The highest BCUT2D eigenvalue weighted by Crippen LogP contribution is 2.46. The lowest BCUT2D eigenvalue weighted by molar-refractivity contribution is -0.254. The van der Waals surface area contributed by atoms with Crippen LogP contribution in [0.2, 0.25) is 5.02 Å². The van der Waals surface area contributed by atoms with Gasteiger partial charge in [0.05, 0.1) is 11.3 Å². The second kappa shape index (κ2) is 4.91. The maximum absolute atomic E-state index is 13.7. The fraction of sp³-hybridized carbons (Fsp3) is 0.133. The Hall–Kier alpha value is -2.21. The van der Waals surface area contributed by atoms with Crippen molar-refractivity contribution in [1.82, 2.24) is 0 Å². The molecular weight excluding hydrogens is 319 g/mol. The van der Waals surface area contributed by atoms with E-state index in [1.54, 1.807) is 6.07 Å². The summed E-state index contributed by atoms with van der Waals surface area (Å²) in [7, 11) is 0. The number of fused-ring (bicyclic) bond motifs is 1. The zero-order chi connectivity index (χ0) is 16.0. The predicted molar refractivity (Wildman–Crippen MR) is 74.7 cm³/mol. The molecule has 0 aliphatic carbocycles. The smallest absolute Gasteiger partial charge is 0.421 e. The molecule has 22 heavy (non-hydrogen) atoms. The van der Waals surface area contributed by atoms with Crippen LogP contribution in [0.4, 0.5) is 18.9 Å². The highest BCUT2D eigenvalue weighted by Gasteiger charge is 2.62. The van der Waals surface area contributed by atoms with Crippen LogP contribution in [0.1, 0.15) is 15.9 Å². The number of cyclic esters (lactones) is 1. The summed E-state index contributed by atoms with van der Waals surface area (Å²) in [6.07, 6.45) is -4.86. The van der Waals surface area contributed by atoms with E-state index in [2.05, 4.69) is 5.32 Å². The lowest BCUT2D eigenvalue weighted by Gasteiger charge is -2.40. The summed E-state index contributed by atoms with van der Waals surface area (Å²) in [5.41, 5.74) is -3.09. The van der Waals surface area contributed by atoms with E-state index in [1.807, 2.05) is 0 Å². The maximum atomic E-state index is 13.7. The Bertz CT molecular complexity index is 730. The number of esters is 1. The molecule has 3 rings (SSSR count). The van der Waals surface area contributed by atoms with E-state index in [4.69, 9.17) is 16.3 Å². The highest BCUT2D eigenvalue weighted by atomic mass is 35.5. The Labute approximate surface area is 128 Å². The fourth-order valence-electron chi connectivity index (χ4n) is 2.29. The lowest BCUT2D eigenvalue weighted by Crippen LogP contribution is -2.54. The van der Waals surface area contributed by atoms with E-state index in [1.165, 1.54) is 42.5 Å². The molecule has 1 atom stereocenters. The number of carbonyl (C=O) groups is 1. The first-order valence-corrected chi connectivity index (χ1v) is 6.64. The zero-order valence-corrected chi connectivity index (χ0v) is 11.7. The van der Waals surface area contributed by atoms with Crippen LogP contribution >= 0.6 is 11.6 Å².